The van der Waals surface area contributed by atoms with Gasteiger partial charge < -0.3 is 4.98 Å². The number of alkyl halides is 3. The van der Waals surface area contributed by atoms with Crippen molar-refractivity contribution in [1.29, 1.82) is 0 Å². The van der Waals surface area contributed by atoms with E-state index in [0.717, 1.165) is 38.6 Å². The molecule has 1 nitrogen and oxygen atoms in total. The molecule has 1 heterocycles. The van der Waals surface area contributed by atoms with Crippen LogP contribution in [0, 0.1) is 6.20 Å². The number of fused-ring (bicyclic) bond motifs is 1. The number of aromatic nitrogens is 1. The maximum Gasteiger partial charge on any atom is 0.416 e. The van der Waals surface area contributed by atoms with Gasteiger partial charge in [-0.25, -0.2) is 0 Å². The molecule has 0 fully saturated rings. The molecule has 107 valence electrons. The lowest BCUT2D eigenvalue weighted by Crippen LogP contribution is -2.04. The lowest BCUT2D eigenvalue weighted by Gasteiger charge is -2.09. The van der Waals surface area contributed by atoms with Gasteiger partial charge in [0.2, 0.25) is 0 Å². The van der Waals surface area contributed by atoms with Crippen LogP contribution in [-0.4, -0.2) is 4.98 Å². The first-order chi connectivity index (χ1) is 9.93. The summed E-state index contributed by atoms with van der Waals surface area (Å²) in [6.45, 7) is 0. The van der Waals surface area contributed by atoms with Crippen molar-refractivity contribution in [1.82, 2.24) is 4.98 Å². The maximum absolute atomic E-state index is 12.6. The SMILES string of the molecule is FC(F)(F)c1ccc(Cc2cc(Br)cc3c[c][nH]c23)cc1. The summed E-state index contributed by atoms with van der Waals surface area (Å²) in [6.07, 6.45) is -0.812. The maximum atomic E-state index is 12.6. The van der Waals surface area contributed by atoms with Crippen LogP contribution in [0.15, 0.2) is 46.9 Å². The number of benzene rings is 2. The van der Waals surface area contributed by atoms with Gasteiger partial charge in [-0.15, -0.1) is 0 Å². The number of nitrogens with one attached hydrogen (secondary N) is 1. The molecule has 0 aliphatic heterocycles. The Morgan fingerprint density at radius 2 is 1.81 bits per heavy atom. The molecule has 0 aliphatic carbocycles. The van der Waals surface area contributed by atoms with Crippen LogP contribution in [0.25, 0.3) is 10.9 Å². The molecule has 21 heavy (non-hydrogen) atoms. The fourth-order valence-corrected chi connectivity index (χ4v) is 2.83. The standard InChI is InChI=1S/C16H10BrF3N/c17-14-8-11-5-6-21-15(11)12(9-14)7-10-1-3-13(4-2-10)16(18,19)20/h1-5,8-9,21H,7H2. The molecule has 1 aromatic heterocycles. The van der Waals surface area contributed by atoms with Crippen molar-refractivity contribution in [2.45, 2.75) is 12.6 Å². The van der Waals surface area contributed by atoms with E-state index in [-0.39, 0.29) is 0 Å². The zero-order chi connectivity index (χ0) is 15.0. The number of hydrogen-bond donors (Lipinski definition) is 1. The molecule has 5 heteroatoms. The third kappa shape index (κ3) is 2.97. The summed E-state index contributed by atoms with van der Waals surface area (Å²) >= 11 is 3.44. The van der Waals surface area contributed by atoms with Gasteiger partial charge in [0.25, 0.3) is 0 Å². The molecule has 0 atom stereocenters. The first kappa shape index (κ1) is 14.2. The smallest absolute Gasteiger partial charge is 0.353 e. The van der Waals surface area contributed by atoms with Crippen LogP contribution < -0.4 is 0 Å². The van der Waals surface area contributed by atoms with Crippen molar-refractivity contribution < 1.29 is 13.2 Å². The van der Waals surface area contributed by atoms with Crippen molar-refractivity contribution in [2.24, 2.45) is 0 Å². The molecule has 0 aliphatic rings. The number of H-pyrrole nitrogens is 1. The zero-order valence-electron chi connectivity index (χ0n) is 10.8. The fraction of sp³-hybridized carbons (Fsp3) is 0.125. The van der Waals surface area contributed by atoms with Gasteiger partial charge in [0.1, 0.15) is 0 Å². The Bertz CT molecular complexity index is 772. The second-order valence-corrected chi connectivity index (χ2v) is 5.73. The van der Waals surface area contributed by atoms with E-state index in [1.54, 1.807) is 0 Å². The zero-order valence-corrected chi connectivity index (χ0v) is 12.3. The quantitative estimate of drug-likeness (QED) is 0.640. The molecule has 1 N–H and O–H groups in total. The van der Waals surface area contributed by atoms with Crippen molar-refractivity contribution in [3.05, 3.63) is 69.8 Å². The highest BCUT2D eigenvalue weighted by Gasteiger charge is 2.29. The first-order valence-electron chi connectivity index (χ1n) is 6.27. The van der Waals surface area contributed by atoms with Crippen molar-refractivity contribution in [3.63, 3.8) is 0 Å². The molecule has 0 amide bonds. The minimum atomic E-state index is -4.30. The summed E-state index contributed by atoms with van der Waals surface area (Å²) in [7, 11) is 0. The monoisotopic (exact) mass is 352 g/mol. The minimum absolute atomic E-state index is 0.558. The van der Waals surface area contributed by atoms with E-state index >= 15 is 0 Å². The predicted molar refractivity (Wildman–Crippen MR) is 79.1 cm³/mol. The third-order valence-corrected chi connectivity index (χ3v) is 3.77. The lowest BCUT2D eigenvalue weighted by molar-refractivity contribution is -0.137. The van der Waals surface area contributed by atoms with Gasteiger partial charge in [0, 0.05) is 15.4 Å². The fourth-order valence-electron chi connectivity index (χ4n) is 2.31. The summed E-state index contributed by atoms with van der Waals surface area (Å²) in [5.41, 5.74) is 2.18. The van der Waals surface area contributed by atoms with Crippen LogP contribution in [0.5, 0.6) is 0 Å². The molecule has 0 spiro atoms. The lowest BCUT2D eigenvalue weighted by atomic mass is 10.0. The third-order valence-electron chi connectivity index (χ3n) is 3.32. The Hall–Kier alpha value is -1.75. The Labute approximate surface area is 127 Å². The first-order valence-corrected chi connectivity index (χ1v) is 7.06. The predicted octanol–water partition coefficient (Wildman–Crippen LogP) is 5.34. The van der Waals surface area contributed by atoms with Gasteiger partial charge in [-0.1, -0.05) is 28.1 Å². The highest BCUT2D eigenvalue weighted by molar-refractivity contribution is 9.10. The average Bonchev–Trinajstić information content (AvgIpc) is 2.86. The molecular formula is C16H10BrF3N. The molecule has 3 rings (SSSR count). The van der Waals surface area contributed by atoms with Crippen LogP contribution in [0.3, 0.4) is 0 Å². The van der Waals surface area contributed by atoms with E-state index < -0.39 is 11.7 Å². The molecule has 0 saturated heterocycles. The molecular weight excluding hydrogens is 343 g/mol. The molecule has 2 aromatic carbocycles. The van der Waals surface area contributed by atoms with Crippen molar-refractivity contribution in [3.8, 4) is 0 Å². The van der Waals surface area contributed by atoms with E-state index in [4.69, 9.17) is 0 Å². The molecule has 0 unspecified atom stereocenters. The highest BCUT2D eigenvalue weighted by atomic mass is 79.9. The van der Waals surface area contributed by atoms with E-state index in [0.29, 0.717) is 6.42 Å². The van der Waals surface area contributed by atoms with Crippen molar-refractivity contribution >= 4 is 26.8 Å². The summed E-state index contributed by atoms with van der Waals surface area (Å²) in [6, 6.07) is 11.0. The normalized spacial score (nSPS) is 12.0. The number of aromatic amines is 1. The summed E-state index contributed by atoms with van der Waals surface area (Å²) < 4.78 is 38.6. The van der Waals surface area contributed by atoms with Crippen LogP contribution in [0.1, 0.15) is 16.7 Å². The summed E-state index contributed by atoms with van der Waals surface area (Å²) in [5, 5.41) is 1.02. The van der Waals surface area contributed by atoms with Crippen LogP contribution in [0.4, 0.5) is 13.2 Å². The number of halogens is 4. The minimum Gasteiger partial charge on any atom is -0.353 e. The summed E-state index contributed by atoms with van der Waals surface area (Å²) in [5.74, 6) is 0. The van der Waals surface area contributed by atoms with Crippen LogP contribution >= 0.6 is 15.9 Å². The van der Waals surface area contributed by atoms with Gasteiger partial charge in [0.15, 0.2) is 0 Å². The van der Waals surface area contributed by atoms with E-state index in [9.17, 15) is 13.2 Å². The Morgan fingerprint density at radius 1 is 1.10 bits per heavy atom. The second kappa shape index (κ2) is 5.22. The van der Waals surface area contributed by atoms with Crippen molar-refractivity contribution in [2.75, 3.05) is 0 Å². The molecule has 1 radical (unpaired) electrons. The highest BCUT2D eigenvalue weighted by Crippen LogP contribution is 2.30. The molecule has 3 aromatic rings. The van der Waals surface area contributed by atoms with E-state index in [2.05, 4.69) is 27.1 Å². The van der Waals surface area contributed by atoms with Gasteiger partial charge in [-0.05, 0) is 47.9 Å². The average molecular weight is 353 g/mol. The largest absolute Gasteiger partial charge is 0.416 e. The van der Waals surface area contributed by atoms with Crippen LogP contribution in [-0.2, 0) is 12.6 Å². The van der Waals surface area contributed by atoms with Gasteiger partial charge >= 0.3 is 6.18 Å². The topological polar surface area (TPSA) is 15.8 Å². The van der Waals surface area contributed by atoms with Gasteiger partial charge in [-0.2, -0.15) is 13.2 Å². The van der Waals surface area contributed by atoms with E-state index in [1.165, 1.54) is 12.1 Å². The molecule has 0 bridgehead atoms. The Morgan fingerprint density at radius 3 is 2.48 bits per heavy atom. The Kier molecular flexibility index (Phi) is 3.53. The summed E-state index contributed by atoms with van der Waals surface area (Å²) in [4.78, 5) is 3.05. The van der Waals surface area contributed by atoms with E-state index in [1.807, 2.05) is 18.2 Å². The Balaban J connectivity index is 1.93. The second-order valence-electron chi connectivity index (χ2n) is 4.81. The number of hydrogen-bond acceptors (Lipinski definition) is 0. The van der Waals surface area contributed by atoms with Crippen LogP contribution in [0.2, 0.25) is 0 Å². The molecule has 0 saturated carbocycles. The van der Waals surface area contributed by atoms with Gasteiger partial charge in [0.05, 0.1) is 11.8 Å². The number of rotatable bonds is 2. The van der Waals surface area contributed by atoms with Gasteiger partial charge in [-0.3, -0.25) is 0 Å².